The molecular formula is C20H24N4O4S. The number of nitrogens with zero attached hydrogens (tertiary/aromatic N) is 1. The quantitative estimate of drug-likeness (QED) is 0.637. The number of primary amides is 1. The van der Waals surface area contributed by atoms with Gasteiger partial charge in [0.25, 0.3) is 5.91 Å². The lowest BCUT2D eigenvalue weighted by atomic mass is 10.1. The molecule has 1 fully saturated rings. The number of para-hydroxylation sites is 1. The second-order valence-electron chi connectivity index (χ2n) is 6.80. The molecule has 154 valence electrons. The van der Waals surface area contributed by atoms with Crippen LogP contribution in [0.4, 0.5) is 11.4 Å². The van der Waals surface area contributed by atoms with E-state index in [9.17, 15) is 18.0 Å². The second-order valence-corrected chi connectivity index (χ2v) is 8.74. The first-order chi connectivity index (χ1) is 13.9. The summed E-state index contributed by atoms with van der Waals surface area (Å²) >= 11 is 0. The molecule has 0 aliphatic carbocycles. The van der Waals surface area contributed by atoms with Gasteiger partial charge in [-0.25, -0.2) is 8.42 Å². The third kappa shape index (κ3) is 5.12. The number of piperidine rings is 1. The molecule has 8 nitrogen and oxygen atoms in total. The Balaban J connectivity index is 1.66. The summed E-state index contributed by atoms with van der Waals surface area (Å²) in [5, 5.41) is 5.55. The Morgan fingerprint density at radius 1 is 1.00 bits per heavy atom. The molecule has 2 aromatic rings. The first kappa shape index (κ1) is 20.8. The van der Waals surface area contributed by atoms with E-state index in [2.05, 4.69) is 10.6 Å². The molecule has 0 unspecified atom stereocenters. The molecule has 0 aromatic heterocycles. The Labute approximate surface area is 170 Å². The van der Waals surface area contributed by atoms with Crippen LogP contribution in [0.25, 0.3) is 0 Å². The fraction of sp³-hybridized carbons (Fsp3) is 0.300. The van der Waals surface area contributed by atoms with Crippen LogP contribution in [0.3, 0.4) is 0 Å². The zero-order valence-corrected chi connectivity index (χ0v) is 16.7. The fourth-order valence-corrected chi connectivity index (χ4v) is 4.78. The van der Waals surface area contributed by atoms with Gasteiger partial charge in [0.05, 0.1) is 17.0 Å². The summed E-state index contributed by atoms with van der Waals surface area (Å²) in [5.41, 5.74) is 6.45. The molecule has 1 aliphatic heterocycles. The summed E-state index contributed by atoms with van der Waals surface area (Å²) in [7, 11) is -3.58. The number of hydrogen-bond donors (Lipinski definition) is 3. The average Bonchev–Trinajstić information content (AvgIpc) is 2.73. The van der Waals surface area contributed by atoms with E-state index in [1.54, 1.807) is 36.4 Å². The second kappa shape index (κ2) is 9.06. The lowest BCUT2D eigenvalue weighted by Crippen LogP contribution is -2.35. The predicted octanol–water partition coefficient (Wildman–Crippen LogP) is 2.01. The Morgan fingerprint density at radius 3 is 2.45 bits per heavy atom. The molecule has 0 spiro atoms. The Bertz CT molecular complexity index is 1000. The van der Waals surface area contributed by atoms with Gasteiger partial charge in [0.15, 0.2) is 0 Å². The van der Waals surface area contributed by atoms with E-state index in [4.69, 9.17) is 5.73 Å². The van der Waals surface area contributed by atoms with Crippen molar-refractivity contribution in [3.63, 3.8) is 0 Å². The summed E-state index contributed by atoms with van der Waals surface area (Å²) < 4.78 is 27.1. The van der Waals surface area contributed by atoms with Crippen molar-refractivity contribution in [3.05, 3.63) is 54.1 Å². The van der Waals surface area contributed by atoms with E-state index in [0.717, 1.165) is 19.3 Å². The van der Waals surface area contributed by atoms with Gasteiger partial charge in [-0.3, -0.25) is 9.59 Å². The average molecular weight is 417 g/mol. The van der Waals surface area contributed by atoms with Crippen molar-refractivity contribution in [1.82, 2.24) is 4.31 Å². The van der Waals surface area contributed by atoms with Crippen molar-refractivity contribution in [2.24, 2.45) is 5.73 Å². The molecule has 2 amide bonds. The highest BCUT2D eigenvalue weighted by Crippen LogP contribution is 2.23. The van der Waals surface area contributed by atoms with Gasteiger partial charge in [0, 0.05) is 24.5 Å². The maximum absolute atomic E-state index is 12.8. The van der Waals surface area contributed by atoms with Crippen LogP contribution in [0.5, 0.6) is 0 Å². The van der Waals surface area contributed by atoms with Gasteiger partial charge in [-0.05, 0) is 43.2 Å². The molecule has 3 rings (SSSR count). The maximum Gasteiger partial charge on any atom is 0.250 e. The number of rotatable bonds is 7. The standard InChI is InChI=1S/C20H24N4O4S/c21-20(26)17-9-2-3-10-18(17)22-14-19(25)23-15-7-6-8-16(13-15)29(27,28)24-11-4-1-5-12-24/h2-3,6-10,13,22H,1,4-5,11-12,14H2,(H2,21,26)(H,23,25). The van der Waals surface area contributed by atoms with Gasteiger partial charge in [-0.15, -0.1) is 0 Å². The monoisotopic (exact) mass is 416 g/mol. The van der Waals surface area contributed by atoms with Crippen molar-refractivity contribution < 1.29 is 18.0 Å². The Morgan fingerprint density at radius 2 is 1.72 bits per heavy atom. The highest BCUT2D eigenvalue weighted by Gasteiger charge is 2.26. The molecule has 0 saturated carbocycles. The minimum atomic E-state index is -3.58. The molecule has 29 heavy (non-hydrogen) atoms. The van der Waals surface area contributed by atoms with Crippen molar-refractivity contribution in [2.75, 3.05) is 30.3 Å². The van der Waals surface area contributed by atoms with E-state index in [0.29, 0.717) is 24.5 Å². The molecule has 0 bridgehead atoms. The van der Waals surface area contributed by atoms with E-state index in [1.807, 2.05) is 0 Å². The number of carbonyl (C=O) groups is 2. The SMILES string of the molecule is NC(=O)c1ccccc1NCC(=O)Nc1cccc(S(=O)(=O)N2CCCCC2)c1. The van der Waals surface area contributed by atoms with Crippen LogP contribution in [0.1, 0.15) is 29.6 Å². The topological polar surface area (TPSA) is 122 Å². The predicted molar refractivity (Wildman–Crippen MR) is 111 cm³/mol. The molecule has 0 radical (unpaired) electrons. The lowest BCUT2D eigenvalue weighted by molar-refractivity contribution is -0.114. The van der Waals surface area contributed by atoms with Gasteiger partial charge < -0.3 is 16.4 Å². The van der Waals surface area contributed by atoms with Gasteiger partial charge in [-0.1, -0.05) is 24.6 Å². The largest absolute Gasteiger partial charge is 0.376 e. The Kier molecular flexibility index (Phi) is 6.50. The number of anilines is 2. The van der Waals surface area contributed by atoms with E-state index < -0.39 is 15.9 Å². The van der Waals surface area contributed by atoms with Crippen LogP contribution in [-0.2, 0) is 14.8 Å². The first-order valence-electron chi connectivity index (χ1n) is 9.41. The van der Waals surface area contributed by atoms with Crippen molar-refractivity contribution in [3.8, 4) is 0 Å². The van der Waals surface area contributed by atoms with E-state index >= 15 is 0 Å². The zero-order chi connectivity index (χ0) is 20.9. The first-order valence-corrected chi connectivity index (χ1v) is 10.8. The molecule has 0 atom stereocenters. The molecule has 1 saturated heterocycles. The normalized spacial score (nSPS) is 14.9. The van der Waals surface area contributed by atoms with Crippen LogP contribution >= 0.6 is 0 Å². The van der Waals surface area contributed by atoms with Crippen LogP contribution in [0.15, 0.2) is 53.4 Å². The fourth-order valence-electron chi connectivity index (χ4n) is 3.22. The molecule has 2 aromatic carbocycles. The smallest absolute Gasteiger partial charge is 0.250 e. The van der Waals surface area contributed by atoms with Crippen LogP contribution in [0, 0.1) is 0 Å². The maximum atomic E-state index is 12.8. The zero-order valence-electron chi connectivity index (χ0n) is 15.9. The number of benzene rings is 2. The highest BCUT2D eigenvalue weighted by molar-refractivity contribution is 7.89. The summed E-state index contributed by atoms with van der Waals surface area (Å²) in [4.78, 5) is 23.9. The minimum Gasteiger partial charge on any atom is -0.376 e. The number of hydrogen-bond acceptors (Lipinski definition) is 5. The molecule has 9 heteroatoms. The van der Waals surface area contributed by atoms with Crippen molar-refractivity contribution in [2.45, 2.75) is 24.2 Å². The van der Waals surface area contributed by atoms with Gasteiger partial charge in [0.1, 0.15) is 0 Å². The third-order valence-electron chi connectivity index (χ3n) is 4.70. The lowest BCUT2D eigenvalue weighted by Gasteiger charge is -2.26. The van der Waals surface area contributed by atoms with Crippen LogP contribution in [-0.4, -0.2) is 44.2 Å². The molecule has 1 heterocycles. The number of nitrogens with one attached hydrogen (secondary N) is 2. The summed E-state index contributed by atoms with van der Waals surface area (Å²) in [6.07, 6.45) is 2.75. The van der Waals surface area contributed by atoms with Gasteiger partial charge in [0.2, 0.25) is 15.9 Å². The molecule has 1 aliphatic rings. The van der Waals surface area contributed by atoms with Gasteiger partial charge in [-0.2, -0.15) is 4.31 Å². The van der Waals surface area contributed by atoms with Crippen molar-refractivity contribution in [1.29, 1.82) is 0 Å². The van der Waals surface area contributed by atoms with E-state index in [1.165, 1.54) is 16.4 Å². The minimum absolute atomic E-state index is 0.104. The number of nitrogens with two attached hydrogens (primary N) is 1. The summed E-state index contributed by atoms with van der Waals surface area (Å²) in [6.45, 7) is 0.928. The number of sulfonamides is 1. The molecular weight excluding hydrogens is 392 g/mol. The Hall–Kier alpha value is -2.91. The summed E-state index contributed by atoms with van der Waals surface area (Å²) in [6, 6.07) is 12.8. The third-order valence-corrected chi connectivity index (χ3v) is 6.60. The van der Waals surface area contributed by atoms with E-state index in [-0.39, 0.29) is 22.9 Å². The van der Waals surface area contributed by atoms with Gasteiger partial charge >= 0.3 is 0 Å². The van der Waals surface area contributed by atoms with Crippen LogP contribution in [0.2, 0.25) is 0 Å². The number of amides is 2. The summed E-state index contributed by atoms with van der Waals surface area (Å²) in [5.74, 6) is -0.971. The number of carbonyl (C=O) groups excluding carboxylic acids is 2. The molecule has 4 N–H and O–H groups in total. The van der Waals surface area contributed by atoms with Crippen LogP contribution < -0.4 is 16.4 Å². The van der Waals surface area contributed by atoms with Crippen molar-refractivity contribution >= 4 is 33.2 Å². The highest BCUT2D eigenvalue weighted by atomic mass is 32.2.